The summed E-state index contributed by atoms with van der Waals surface area (Å²) in [4.78, 5) is 26.0. The van der Waals surface area contributed by atoms with Crippen LogP contribution in [0.5, 0.6) is 11.5 Å². The highest BCUT2D eigenvalue weighted by Crippen LogP contribution is 2.29. The molecule has 1 N–H and O–H groups in total. The van der Waals surface area contributed by atoms with Crippen LogP contribution in [-0.4, -0.2) is 25.9 Å². The van der Waals surface area contributed by atoms with Crippen LogP contribution >= 0.6 is 11.3 Å². The number of ketones is 1. The molecule has 1 aromatic heterocycles. The molecule has 0 aliphatic carbocycles. The molecule has 134 valence electrons. The minimum atomic E-state index is -0.189. The SMILES string of the molecule is COc1ccc(C(C)NC(=O)CCC(=O)c2ccc(C)s2)cc1OC. The summed E-state index contributed by atoms with van der Waals surface area (Å²) in [5.41, 5.74) is 0.909. The van der Waals surface area contributed by atoms with Crippen molar-refractivity contribution >= 4 is 23.0 Å². The summed E-state index contributed by atoms with van der Waals surface area (Å²) < 4.78 is 10.5. The fraction of sp³-hybridized carbons (Fsp3) is 0.368. The summed E-state index contributed by atoms with van der Waals surface area (Å²) in [6, 6.07) is 9.06. The van der Waals surface area contributed by atoms with Crippen molar-refractivity contribution in [1.29, 1.82) is 0 Å². The monoisotopic (exact) mass is 361 g/mol. The molecule has 5 nitrogen and oxygen atoms in total. The van der Waals surface area contributed by atoms with Crippen molar-refractivity contribution < 1.29 is 19.1 Å². The first kappa shape index (κ1) is 19.0. The van der Waals surface area contributed by atoms with E-state index >= 15 is 0 Å². The highest BCUT2D eigenvalue weighted by molar-refractivity contribution is 7.14. The highest BCUT2D eigenvalue weighted by atomic mass is 32.1. The third-order valence-corrected chi connectivity index (χ3v) is 4.92. The van der Waals surface area contributed by atoms with E-state index in [0.717, 1.165) is 10.4 Å². The molecule has 0 saturated heterocycles. The van der Waals surface area contributed by atoms with E-state index in [4.69, 9.17) is 9.47 Å². The molecule has 6 heteroatoms. The van der Waals surface area contributed by atoms with E-state index in [0.29, 0.717) is 16.4 Å². The first-order chi connectivity index (χ1) is 11.9. The van der Waals surface area contributed by atoms with Gasteiger partial charge in [-0.2, -0.15) is 0 Å². The van der Waals surface area contributed by atoms with Gasteiger partial charge >= 0.3 is 0 Å². The topological polar surface area (TPSA) is 64.6 Å². The van der Waals surface area contributed by atoms with Gasteiger partial charge in [-0.15, -0.1) is 11.3 Å². The summed E-state index contributed by atoms with van der Waals surface area (Å²) in [6.45, 7) is 3.85. The Balaban J connectivity index is 1.90. The van der Waals surface area contributed by atoms with Gasteiger partial charge in [0.1, 0.15) is 0 Å². The minimum absolute atomic E-state index is 0.00650. The van der Waals surface area contributed by atoms with Gasteiger partial charge in [0.05, 0.1) is 25.1 Å². The normalized spacial score (nSPS) is 11.7. The predicted octanol–water partition coefficient (Wildman–Crippen LogP) is 3.91. The van der Waals surface area contributed by atoms with E-state index in [-0.39, 0.29) is 30.6 Å². The molecule has 0 fully saturated rings. The Kier molecular flexibility index (Phi) is 6.58. The Labute approximate surface area is 152 Å². The second-order valence-corrected chi connectivity index (χ2v) is 7.02. The standard InChI is InChI=1S/C19H23NO4S/c1-12-5-9-18(25-12)15(21)7-10-19(22)20-13(2)14-6-8-16(23-3)17(11-14)24-4/h5-6,8-9,11,13H,7,10H2,1-4H3,(H,20,22). The molecule has 1 aromatic carbocycles. The van der Waals surface area contributed by atoms with Gasteiger partial charge < -0.3 is 14.8 Å². The highest BCUT2D eigenvalue weighted by Gasteiger charge is 2.15. The summed E-state index contributed by atoms with van der Waals surface area (Å²) in [5, 5.41) is 2.91. The van der Waals surface area contributed by atoms with Crippen LogP contribution in [-0.2, 0) is 4.79 Å². The minimum Gasteiger partial charge on any atom is -0.493 e. The Morgan fingerprint density at radius 2 is 1.80 bits per heavy atom. The number of carbonyl (C=O) groups is 2. The van der Waals surface area contributed by atoms with Crippen LogP contribution in [0.3, 0.4) is 0 Å². The molecule has 0 radical (unpaired) electrons. The molecule has 0 saturated carbocycles. The lowest BCUT2D eigenvalue weighted by atomic mass is 10.1. The average molecular weight is 361 g/mol. The second kappa shape index (κ2) is 8.67. The van der Waals surface area contributed by atoms with Gasteiger partial charge in [0, 0.05) is 17.7 Å². The number of thiophene rings is 1. The number of aryl methyl sites for hydroxylation is 1. The van der Waals surface area contributed by atoms with Crippen LogP contribution < -0.4 is 14.8 Å². The zero-order valence-corrected chi connectivity index (χ0v) is 15.7. The number of amides is 1. The molecule has 25 heavy (non-hydrogen) atoms. The van der Waals surface area contributed by atoms with Gasteiger partial charge in [0.15, 0.2) is 17.3 Å². The lowest BCUT2D eigenvalue weighted by Crippen LogP contribution is -2.26. The van der Waals surface area contributed by atoms with E-state index in [1.54, 1.807) is 20.3 Å². The lowest BCUT2D eigenvalue weighted by Gasteiger charge is -2.16. The molecule has 0 bridgehead atoms. The number of carbonyl (C=O) groups excluding carboxylic acids is 2. The Bertz CT molecular complexity index is 754. The van der Waals surface area contributed by atoms with E-state index in [1.807, 2.05) is 38.1 Å². The molecule has 2 rings (SSSR count). The smallest absolute Gasteiger partial charge is 0.220 e. The predicted molar refractivity (Wildman–Crippen MR) is 98.7 cm³/mol. The maximum atomic E-state index is 12.1. The number of benzene rings is 1. The largest absolute Gasteiger partial charge is 0.493 e. The Morgan fingerprint density at radius 3 is 2.40 bits per heavy atom. The van der Waals surface area contributed by atoms with Gasteiger partial charge in [-0.3, -0.25) is 9.59 Å². The third-order valence-electron chi connectivity index (χ3n) is 3.88. The van der Waals surface area contributed by atoms with Crippen molar-refractivity contribution in [1.82, 2.24) is 5.32 Å². The van der Waals surface area contributed by atoms with Crippen molar-refractivity contribution in [2.45, 2.75) is 32.7 Å². The number of hydrogen-bond acceptors (Lipinski definition) is 5. The van der Waals surface area contributed by atoms with Crippen molar-refractivity contribution in [2.75, 3.05) is 14.2 Å². The molecular formula is C19H23NO4S. The molecule has 2 aromatic rings. The van der Waals surface area contributed by atoms with Gasteiger partial charge in [0.25, 0.3) is 0 Å². The second-order valence-electron chi connectivity index (χ2n) is 5.74. The van der Waals surface area contributed by atoms with E-state index < -0.39 is 0 Å². The molecule has 0 aliphatic rings. The first-order valence-corrected chi connectivity index (χ1v) is 8.87. The zero-order valence-electron chi connectivity index (χ0n) is 14.9. The fourth-order valence-electron chi connectivity index (χ4n) is 2.45. The number of ether oxygens (including phenoxy) is 2. The molecular weight excluding hydrogens is 338 g/mol. The number of methoxy groups -OCH3 is 2. The van der Waals surface area contributed by atoms with Crippen LogP contribution in [0.4, 0.5) is 0 Å². The van der Waals surface area contributed by atoms with Gasteiger partial charge in [-0.05, 0) is 43.7 Å². The van der Waals surface area contributed by atoms with Crippen molar-refractivity contribution in [2.24, 2.45) is 0 Å². The maximum Gasteiger partial charge on any atom is 0.220 e. The summed E-state index contributed by atoms with van der Waals surface area (Å²) in [7, 11) is 3.15. The Morgan fingerprint density at radius 1 is 1.08 bits per heavy atom. The van der Waals surface area contributed by atoms with Crippen LogP contribution in [0.1, 0.15) is 45.9 Å². The number of rotatable bonds is 8. The first-order valence-electron chi connectivity index (χ1n) is 8.05. The van der Waals surface area contributed by atoms with E-state index in [1.165, 1.54) is 11.3 Å². The van der Waals surface area contributed by atoms with Gasteiger partial charge in [-0.25, -0.2) is 0 Å². The van der Waals surface area contributed by atoms with Crippen molar-refractivity contribution in [3.63, 3.8) is 0 Å². The van der Waals surface area contributed by atoms with E-state index in [2.05, 4.69) is 5.32 Å². The summed E-state index contributed by atoms with van der Waals surface area (Å²) >= 11 is 1.46. The molecule has 1 atom stereocenters. The van der Waals surface area contributed by atoms with Crippen molar-refractivity contribution in [3.8, 4) is 11.5 Å². The Hall–Kier alpha value is -2.34. The summed E-state index contributed by atoms with van der Waals surface area (Å²) in [6.07, 6.45) is 0.387. The zero-order chi connectivity index (χ0) is 18.4. The molecule has 0 spiro atoms. The lowest BCUT2D eigenvalue weighted by molar-refractivity contribution is -0.121. The van der Waals surface area contributed by atoms with Crippen LogP contribution in [0.2, 0.25) is 0 Å². The number of Topliss-reactive ketones (excluding diaryl/α,β-unsaturated/α-hetero) is 1. The van der Waals surface area contributed by atoms with Crippen molar-refractivity contribution in [3.05, 3.63) is 45.6 Å². The quantitative estimate of drug-likeness (QED) is 0.724. The van der Waals surface area contributed by atoms with Crippen LogP contribution in [0, 0.1) is 6.92 Å². The average Bonchev–Trinajstić information content (AvgIpc) is 3.05. The number of hydrogen-bond donors (Lipinski definition) is 1. The molecule has 0 aliphatic heterocycles. The number of nitrogens with one attached hydrogen (secondary N) is 1. The van der Waals surface area contributed by atoms with Crippen LogP contribution in [0.15, 0.2) is 30.3 Å². The summed E-state index contributed by atoms with van der Waals surface area (Å²) in [5.74, 6) is 1.11. The molecule has 1 amide bonds. The van der Waals surface area contributed by atoms with E-state index in [9.17, 15) is 9.59 Å². The third kappa shape index (κ3) is 5.06. The molecule has 1 unspecified atom stereocenters. The molecule has 1 heterocycles. The maximum absolute atomic E-state index is 12.1. The van der Waals surface area contributed by atoms with Gasteiger partial charge in [0.2, 0.25) is 5.91 Å². The fourth-order valence-corrected chi connectivity index (χ4v) is 3.29. The van der Waals surface area contributed by atoms with Crippen LogP contribution in [0.25, 0.3) is 0 Å². The van der Waals surface area contributed by atoms with Gasteiger partial charge in [-0.1, -0.05) is 6.07 Å².